The van der Waals surface area contributed by atoms with E-state index < -0.39 is 8.07 Å². The van der Waals surface area contributed by atoms with Crippen molar-refractivity contribution in [3.8, 4) is 0 Å². The van der Waals surface area contributed by atoms with Crippen molar-refractivity contribution in [3.05, 3.63) is 48.2 Å². The maximum atomic E-state index is 4.28. The van der Waals surface area contributed by atoms with Crippen molar-refractivity contribution in [1.82, 2.24) is 5.32 Å². The third-order valence-electron chi connectivity index (χ3n) is 4.96. The van der Waals surface area contributed by atoms with Crippen molar-refractivity contribution >= 4 is 8.07 Å². The van der Waals surface area contributed by atoms with Crippen LogP contribution >= 0.6 is 0 Å². The first-order chi connectivity index (χ1) is 8.99. The van der Waals surface area contributed by atoms with Gasteiger partial charge in [0.2, 0.25) is 0 Å². The van der Waals surface area contributed by atoms with Gasteiger partial charge in [-0.2, -0.15) is 0 Å². The summed E-state index contributed by atoms with van der Waals surface area (Å²) >= 11 is 0. The SMILES string of the molecule is C=C(NCc1ccccc1)C1CC[Si](C)(C)C(C)C1. The molecule has 0 bridgehead atoms. The van der Waals surface area contributed by atoms with Crippen molar-refractivity contribution in [3.63, 3.8) is 0 Å². The number of nitrogens with one attached hydrogen (secondary N) is 1. The topological polar surface area (TPSA) is 12.0 Å². The van der Waals surface area contributed by atoms with Gasteiger partial charge in [0.15, 0.2) is 0 Å². The van der Waals surface area contributed by atoms with Crippen LogP contribution in [0.25, 0.3) is 0 Å². The maximum absolute atomic E-state index is 4.28. The minimum absolute atomic E-state index is 0.680. The molecule has 1 saturated heterocycles. The van der Waals surface area contributed by atoms with E-state index in [1.807, 2.05) is 0 Å². The van der Waals surface area contributed by atoms with E-state index in [-0.39, 0.29) is 0 Å². The molecule has 1 aliphatic heterocycles. The Hall–Kier alpha value is -1.02. The predicted molar refractivity (Wildman–Crippen MR) is 86.9 cm³/mol. The van der Waals surface area contributed by atoms with Crippen LogP contribution in [0.15, 0.2) is 42.6 Å². The van der Waals surface area contributed by atoms with Crippen LogP contribution < -0.4 is 5.32 Å². The molecule has 1 fully saturated rings. The van der Waals surface area contributed by atoms with Gasteiger partial charge in [-0.05, 0) is 29.9 Å². The summed E-state index contributed by atoms with van der Waals surface area (Å²) in [6.07, 6.45) is 2.67. The highest BCUT2D eigenvalue weighted by atomic mass is 28.3. The largest absolute Gasteiger partial charge is 0.385 e. The normalized spacial score (nSPS) is 25.8. The second-order valence-electron chi connectivity index (χ2n) is 6.73. The molecule has 2 atom stereocenters. The van der Waals surface area contributed by atoms with E-state index >= 15 is 0 Å². The average molecular weight is 273 g/mol. The molecule has 1 aromatic carbocycles. The van der Waals surface area contributed by atoms with Crippen LogP contribution in [0.5, 0.6) is 0 Å². The van der Waals surface area contributed by atoms with E-state index in [1.165, 1.54) is 30.1 Å². The van der Waals surface area contributed by atoms with Gasteiger partial charge in [-0.3, -0.25) is 0 Å². The molecule has 1 N–H and O–H groups in total. The third kappa shape index (κ3) is 3.72. The highest BCUT2D eigenvalue weighted by molar-refractivity contribution is 6.78. The fraction of sp³-hybridized carbons (Fsp3) is 0.529. The van der Waals surface area contributed by atoms with E-state index in [0.717, 1.165) is 12.1 Å². The molecule has 0 aromatic heterocycles. The molecule has 1 aromatic rings. The van der Waals surface area contributed by atoms with Crippen LogP contribution in [-0.2, 0) is 6.54 Å². The Kier molecular flexibility index (Phi) is 4.51. The van der Waals surface area contributed by atoms with E-state index in [0.29, 0.717) is 5.92 Å². The number of benzene rings is 1. The molecule has 2 rings (SSSR count). The number of rotatable bonds is 4. The average Bonchev–Trinajstić information content (AvgIpc) is 2.40. The lowest BCUT2D eigenvalue weighted by atomic mass is 9.96. The molecule has 2 unspecified atom stereocenters. The quantitative estimate of drug-likeness (QED) is 0.777. The molecule has 0 aliphatic carbocycles. The fourth-order valence-corrected chi connectivity index (χ4v) is 5.44. The summed E-state index contributed by atoms with van der Waals surface area (Å²) in [5, 5.41) is 3.54. The minimum atomic E-state index is -0.937. The zero-order chi connectivity index (χ0) is 13.9. The van der Waals surface area contributed by atoms with Crippen molar-refractivity contribution in [2.45, 2.75) is 51.0 Å². The minimum Gasteiger partial charge on any atom is -0.385 e. The van der Waals surface area contributed by atoms with Gasteiger partial charge in [0.1, 0.15) is 0 Å². The van der Waals surface area contributed by atoms with Crippen LogP contribution in [-0.4, -0.2) is 8.07 Å². The summed E-state index contributed by atoms with van der Waals surface area (Å²) in [4.78, 5) is 0. The first-order valence-corrected chi connectivity index (χ1v) is 10.7. The van der Waals surface area contributed by atoms with Crippen molar-refractivity contribution < 1.29 is 0 Å². The number of allylic oxidation sites excluding steroid dienone is 1. The fourth-order valence-electron chi connectivity index (χ4n) is 2.93. The van der Waals surface area contributed by atoms with E-state index in [2.05, 4.69) is 62.2 Å². The lowest BCUT2D eigenvalue weighted by molar-refractivity contribution is 0.465. The Balaban J connectivity index is 1.84. The summed E-state index contributed by atoms with van der Waals surface area (Å²) in [5.41, 5.74) is 3.50. The summed E-state index contributed by atoms with van der Waals surface area (Å²) in [6, 6.07) is 12.0. The highest BCUT2D eigenvalue weighted by Gasteiger charge is 2.35. The Morgan fingerprint density at radius 1 is 1.32 bits per heavy atom. The van der Waals surface area contributed by atoms with Gasteiger partial charge in [-0.1, -0.05) is 63.0 Å². The third-order valence-corrected chi connectivity index (χ3v) is 9.45. The monoisotopic (exact) mass is 273 g/mol. The molecule has 0 spiro atoms. The van der Waals surface area contributed by atoms with Crippen molar-refractivity contribution in [2.75, 3.05) is 0 Å². The molecule has 1 nitrogen and oxygen atoms in total. The molecular formula is C17H27NSi. The molecule has 0 radical (unpaired) electrons. The lowest BCUT2D eigenvalue weighted by Gasteiger charge is -2.39. The van der Waals surface area contributed by atoms with Gasteiger partial charge in [0.05, 0.1) is 8.07 Å². The van der Waals surface area contributed by atoms with Gasteiger partial charge in [-0.25, -0.2) is 0 Å². The first kappa shape index (κ1) is 14.4. The number of hydrogen-bond acceptors (Lipinski definition) is 1. The molecule has 2 heteroatoms. The molecule has 1 aliphatic rings. The summed E-state index contributed by atoms with van der Waals surface area (Å²) in [5.74, 6) is 0.680. The van der Waals surface area contributed by atoms with E-state index in [4.69, 9.17) is 0 Å². The van der Waals surface area contributed by atoms with Gasteiger partial charge >= 0.3 is 0 Å². The first-order valence-electron chi connectivity index (χ1n) is 7.45. The maximum Gasteiger partial charge on any atom is 0.0502 e. The van der Waals surface area contributed by atoms with Gasteiger partial charge < -0.3 is 5.32 Å². The molecule has 0 amide bonds. The number of hydrogen-bond donors (Lipinski definition) is 1. The van der Waals surface area contributed by atoms with E-state index in [9.17, 15) is 0 Å². The standard InChI is InChI=1S/C17H27NSi/c1-14-12-17(10-11-19(14,3)4)15(2)18-13-16-8-6-5-7-9-16/h5-9,14,17-18H,2,10-13H2,1,3-4H3. The smallest absolute Gasteiger partial charge is 0.0502 e. The Morgan fingerprint density at radius 2 is 2.00 bits per heavy atom. The predicted octanol–water partition coefficient (Wildman–Crippen LogP) is 4.80. The second-order valence-corrected chi connectivity index (χ2v) is 12.2. The van der Waals surface area contributed by atoms with Gasteiger partial charge in [0, 0.05) is 12.2 Å². The Morgan fingerprint density at radius 3 is 2.63 bits per heavy atom. The van der Waals surface area contributed by atoms with Gasteiger partial charge in [-0.15, -0.1) is 0 Å². The molecular weight excluding hydrogens is 246 g/mol. The molecule has 19 heavy (non-hydrogen) atoms. The molecule has 0 saturated carbocycles. The van der Waals surface area contributed by atoms with Crippen LogP contribution in [0.1, 0.15) is 25.3 Å². The van der Waals surface area contributed by atoms with Crippen molar-refractivity contribution in [1.29, 1.82) is 0 Å². The zero-order valence-corrected chi connectivity index (χ0v) is 13.6. The van der Waals surface area contributed by atoms with Crippen molar-refractivity contribution in [2.24, 2.45) is 5.92 Å². The van der Waals surface area contributed by atoms with Crippen LogP contribution in [0.4, 0.5) is 0 Å². The van der Waals surface area contributed by atoms with Gasteiger partial charge in [0.25, 0.3) is 0 Å². The van der Waals surface area contributed by atoms with E-state index in [1.54, 1.807) is 0 Å². The zero-order valence-electron chi connectivity index (χ0n) is 12.6. The lowest BCUT2D eigenvalue weighted by Crippen LogP contribution is -2.38. The van der Waals surface area contributed by atoms with Crippen LogP contribution in [0, 0.1) is 5.92 Å². The second kappa shape index (κ2) is 5.95. The summed E-state index contributed by atoms with van der Waals surface area (Å²) < 4.78 is 0. The Bertz CT molecular complexity index is 424. The Labute approximate surface area is 119 Å². The van der Waals surface area contributed by atoms with Crippen LogP contribution in [0.2, 0.25) is 24.7 Å². The van der Waals surface area contributed by atoms with Crippen LogP contribution in [0.3, 0.4) is 0 Å². The summed E-state index contributed by atoms with van der Waals surface area (Å²) in [6.45, 7) is 12.7. The molecule has 104 valence electrons. The summed E-state index contributed by atoms with van der Waals surface area (Å²) in [7, 11) is -0.937. The highest BCUT2D eigenvalue weighted by Crippen LogP contribution is 2.41. The molecule has 1 heterocycles.